The summed E-state index contributed by atoms with van der Waals surface area (Å²) in [6.45, 7) is 7.37. The normalized spacial score (nSPS) is 22.2. The number of rotatable bonds is 1. The molecular weight excluding hydrogens is 262 g/mol. The number of ether oxygens (including phenoxy) is 1. The second-order valence-corrected chi connectivity index (χ2v) is 7.51. The monoisotopic (exact) mass is 293 g/mol. The van der Waals surface area contributed by atoms with Crippen LogP contribution in [0.3, 0.4) is 0 Å². The maximum atomic E-state index is 12.2. The van der Waals surface area contributed by atoms with Crippen LogP contribution in [0.15, 0.2) is 11.6 Å². The van der Waals surface area contributed by atoms with Crippen molar-refractivity contribution in [1.82, 2.24) is 4.90 Å². The lowest BCUT2D eigenvalue weighted by Crippen LogP contribution is -2.40. The van der Waals surface area contributed by atoms with Gasteiger partial charge in [-0.1, -0.05) is 43.8 Å². The van der Waals surface area contributed by atoms with Gasteiger partial charge in [0.2, 0.25) is 0 Å². The van der Waals surface area contributed by atoms with Gasteiger partial charge in [-0.3, -0.25) is 0 Å². The highest BCUT2D eigenvalue weighted by molar-refractivity contribution is 5.68. The second kappa shape index (κ2) is 7.33. The average Bonchev–Trinajstić information content (AvgIpc) is 2.36. The van der Waals surface area contributed by atoms with Gasteiger partial charge in [-0.05, 0) is 46.0 Å². The molecule has 0 N–H and O–H groups in total. The zero-order chi connectivity index (χ0) is 15.3. The van der Waals surface area contributed by atoms with E-state index in [9.17, 15) is 4.79 Å². The minimum atomic E-state index is -0.404. The number of carbonyl (C=O) groups excluding carboxylic acids is 1. The quantitative estimate of drug-likeness (QED) is 0.643. The molecular formula is C18H31NO2. The number of nitrogens with zero attached hydrogens (tertiary/aromatic N) is 1. The Hall–Kier alpha value is -0.990. The van der Waals surface area contributed by atoms with Crippen LogP contribution in [0.5, 0.6) is 0 Å². The van der Waals surface area contributed by atoms with Crippen molar-refractivity contribution < 1.29 is 9.53 Å². The smallest absolute Gasteiger partial charge is 0.410 e. The SMILES string of the molecule is CC(C)(C)OC(=O)N1CCC=C(C2CCCCCCC2)C1. The minimum Gasteiger partial charge on any atom is -0.444 e. The van der Waals surface area contributed by atoms with Gasteiger partial charge in [-0.25, -0.2) is 4.79 Å². The van der Waals surface area contributed by atoms with Gasteiger partial charge < -0.3 is 9.64 Å². The van der Waals surface area contributed by atoms with Crippen molar-refractivity contribution in [2.24, 2.45) is 5.92 Å². The Morgan fingerprint density at radius 1 is 1.14 bits per heavy atom. The van der Waals surface area contributed by atoms with Crippen LogP contribution < -0.4 is 0 Å². The zero-order valence-electron chi connectivity index (χ0n) is 14.0. The first-order valence-electron chi connectivity index (χ1n) is 8.62. The highest BCUT2D eigenvalue weighted by atomic mass is 16.6. The summed E-state index contributed by atoms with van der Waals surface area (Å²) in [5, 5.41) is 0. The van der Waals surface area contributed by atoms with Gasteiger partial charge in [-0.15, -0.1) is 0 Å². The molecule has 3 heteroatoms. The summed E-state index contributed by atoms with van der Waals surface area (Å²) in [4.78, 5) is 14.1. The van der Waals surface area contributed by atoms with Crippen LogP contribution in [-0.4, -0.2) is 29.7 Å². The van der Waals surface area contributed by atoms with Crippen LogP contribution in [-0.2, 0) is 4.74 Å². The fraction of sp³-hybridized carbons (Fsp3) is 0.833. The largest absolute Gasteiger partial charge is 0.444 e. The van der Waals surface area contributed by atoms with Gasteiger partial charge in [0.25, 0.3) is 0 Å². The highest BCUT2D eigenvalue weighted by Gasteiger charge is 2.27. The van der Waals surface area contributed by atoms with E-state index >= 15 is 0 Å². The van der Waals surface area contributed by atoms with Crippen LogP contribution >= 0.6 is 0 Å². The molecule has 0 atom stereocenters. The Balaban J connectivity index is 1.92. The fourth-order valence-electron chi connectivity index (χ4n) is 3.37. The fourth-order valence-corrected chi connectivity index (χ4v) is 3.37. The Kier molecular flexibility index (Phi) is 5.72. The predicted octanol–water partition coefficient (Wildman–Crippen LogP) is 4.91. The van der Waals surface area contributed by atoms with Crippen LogP contribution in [0.4, 0.5) is 4.79 Å². The van der Waals surface area contributed by atoms with Crippen molar-refractivity contribution in [2.75, 3.05) is 13.1 Å². The summed E-state index contributed by atoms with van der Waals surface area (Å²) in [6, 6.07) is 0. The molecule has 3 nitrogen and oxygen atoms in total. The molecule has 0 bridgehead atoms. The van der Waals surface area contributed by atoms with Gasteiger partial charge in [0.15, 0.2) is 0 Å². The van der Waals surface area contributed by atoms with E-state index in [4.69, 9.17) is 4.74 Å². The van der Waals surface area contributed by atoms with E-state index in [1.165, 1.54) is 50.5 Å². The molecule has 0 saturated heterocycles. The lowest BCUT2D eigenvalue weighted by Gasteiger charge is -2.33. The molecule has 0 aromatic rings. The molecule has 120 valence electrons. The molecule has 0 aromatic carbocycles. The number of carbonyl (C=O) groups is 1. The molecule has 2 rings (SSSR count). The lowest BCUT2D eigenvalue weighted by molar-refractivity contribution is 0.0256. The van der Waals surface area contributed by atoms with E-state index in [1.807, 2.05) is 25.7 Å². The first-order valence-corrected chi connectivity index (χ1v) is 8.62. The third-order valence-electron chi connectivity index (χ3n) is 4.46. The summed E-state index contributed by atoms with van der Waals surface area (Å²) in [7, 11) is 0. The third kappa shape index (κ3) is 5.37. The number of hydrogen-bond donors (Lipinski definition) is 0. The minimum absolute atomic E-state index is 0.154. The Morgan fingerprint density at radius 3 is 2.38 bits per heavy atom. The van der Waals surface area contributed by atoms with Crippen LogP contribution in [0, 0.1) is 5.92 Å². The van der Waals surface area contributed by atoms with Gasteiger partial charge >= 0.3 is 6.09 Å². The molecule has 21 heavy (non-hydrogen) atoms. The van der Waals surface area contributed by atoms with E-state index < -0.39 is 5.60 Å². The molecule has 0 radical (unpaired) electrons. The molecule has 0 aromatic heterocycles. The predicted molar refractivity (Wildman–Crippen MR) is 86.3 cm³/mol. The van der Waals surface area contributed by atoms with Crippen LogP contribution in [0.1, 0.15) is 72.1 Å². The summed E-state index contributed by atoms with van der Waals surface area (Å²) >= 11 is 0. The maximum absolute atomic E-state index is 12.2. The average molecular weight is 293 g/mol. The van der Waals surface area contributed by atoms with E-state index in [2.05, 4.69) is 6.08 Å². The van der Waals surface area contributed by atoms with Gasteiger partial charge in [0.05, 0.1) is 0 Å². The molecule has 1 heterocycles. The molecule has 2 aliphatic rings. The van der Waals surface area contributed by atoms with Crippen molar-refractivity contribution in [3.63, 3.8) is 0 Å². The molecule has 1 aliphatic heterocycles. The van der Waals surface area contributed by atoms with Crippen molar-refractivity contribution in [1.29, 1.82) is 0 Å². The number of hydrogen-bond acceptors (Lipinski definition) is 2. The standard InChI is InChI=1S/C18H31NO2/c1-18(2,3)21-17(20)19-13-9-12-16(14-19)15-10-7-5-4-6-8-11-15/h12,15H,4-11,13-14H2,1-3H3. The highest BCUT2D eigenvalue weighted by Crippen LogP contribution is 2.30. The molecule has 1 fully saturated rings. The molecule has 1 saturated carbocycles. The number of amides is 1. The van der Waals surface area contributed by atoms with Crippen molar-refractivity contribution in [3.8, 4) is 0 Å². The molecule has 1 amide bonds. The maximum Gasteiger partial charge on any atom is 0.410 e. The van der Waals surface area contributed by atoms with E-state index in [1.54, 1.807) is 0 Å². The van der Waals surface area contributed by atoms with Gasteiger partial charge in [0, 0.05) is 13.1 Å². The van der Waals surface area contributed by atoms with E-state index in [-0.39, 0.29) is 6.09 Å². The van der Waals surface area contributed by atoms with Crippen LogP contribution in [0.2, 0.25) is 0 Å². The van der Waals surface area contributed by atoms with Crippen molar-refractivity contribution in [3.05, 3.63) is 11.6 Å². The first kappa shape index (κ1) is 16.4. The Labute approximate surface area is 129 Å². The summed E-state index contributed by atoms with van der Waals surface area (Å²) in [5.74, 6) is 0.690. The molecule has 1 aliphatic carbocycles. The second-order valence-electron chi connectivity index (χ2n) is 7.51. The summed E-state index contributed by atoms with van der Waals surface area (Å²) < 4.78 is 5.52. The van der Waals surface area contributed by atoms with E-state index in [0.717, 1.165) is 19.5 Å². The molecule has 0 spiro atoms. The topological polar surface area (TPSA) is 29.5 Å². The third-order valence-corrected chi connectivity index (χ3v) is 4.46. The van der Waals surface area contributed by atoms with Gasteiger partial charge in [0.1, 0.15) is 5.60 Å². The first-order chi connectivity index (χ1) is 9.96. The Morgan fingerprint density at radius 2 is 1.76 bits per heavy atom. The van der Waals surface area contributed by atoms with Crippen molar-refractivity contribution >= 4 is 6.09 Å². The summed E-state index contributed by atoms with van der Waals surface area (Å²) in [6.07, 6.45) is 12.6. The van der Waals surface area contributed by atoms with Crippen molar-refractivity contribution in [2.45, 2.75) is 77.7 Å². The van der Waals surface area contributed by atoms with E-state index in [0.29, 0.717) is 5.92 Å². The Bertz CT molecular complexity index is 373. The molecule has 0 unspecified atom stereocenters. The van der Waals surface area contributed by atoms with Crippen LogP contribution in [0.25, 0.3) is 0 Å². The summed E-state index contributed by atoms with van der Waals surface area (Å²) in [5.41, 5.74) is 1.08. The lowest BCUT2D eigenvalue weighted by atomic mass is 9.84. The van der Waals surface area contributed by atoms with Gasteiger partial charge in [-0.2, -0.15) is 0 Å². The zero-order valence-corrected chi connectivity index (χ0v) is 14.0.